The summed E-state index contributed by atoms with van der Waals surface area (Å²) in [6.07, 6.45) is 0. The fourth-order valence-corrected chi connectivity index (χ4v) is 2.79. The van der Waals surface area contributed by atoms with Crippen molar-refractivity contribution in [2.75, 3.05) is 64.6 Å². The van der Waals surface area contributed by atoms with Gasteiger partial charge in [-0.1, -0.05) is 12.1 Å². The molecular weight excluding hydrogens is 280 g/mol. The Balaban J connectivity index is 1.80. The van der Waals surface area contributed by atoms with Crippen molar-refractivity contribution in [2.45, 2.75) is 0 Å². The predicted molar refractivity (Wildman–Crippen MR) is 88.0 cm³/mol. The van der Waals surface area contributed by atoms with Crippen LogP contribution in [0, 0.1) is 0 Å². The smallest absolute Gasteiger partial charge is 0.199 e. The highest BCUT2D eigenvalue weighted by molar-refractivity contribution is 5.86. The molecule has 6 heteroatoms. The van der Waals surface area contributed by atoms with Crippen LogP contribution in [0.15, 0.2) is 29.3 Å². The van der Waals surface area contributed by atoms with E-state index in [0.29, 0.717) is 6.61 Å². The number of rotatable bonds is 5. The lowest BCUT2D eigenvalue weighted by molar-refractivity contribution is 0.123. The van der Waals surface area contributed by atoms with Crippen LogP contribution in [-0.2, 0) is 9.47 Å². The van der Waals surface area contributed by atoms with Crippen LogP contribution < -0.4 is 10.2 Å². The van der Waals surface area contributed by atoms with Crippen molar-refractivity contribution in [3.63, 3.8) is 0 Å². The molecule has 22 heavy (non-hydrogen) atoms. The highest BCUT2D eigenvalue weighted by Gasteiger charge is 2.19. The molecule has 0 spiro atoms. The predicted octanol–water partition coefficient (Wildman–Crippen LogP) is 1.06. The molecule has 0 aromatic heterocycles. The van der Waals surface area contributed by atoms with Crippen molar-refractivity contribution >= 4 is 17.3 Å². The van der Waals surface area contributed by atoms with E-state index in [1.165, 1.54) is 5.69 Å². The molecule has 2 aliphatic heterocycles. The van der Waals surface area contributed by atoms with Gasteiger partial charge in [0.2, 0.25) is 0 Å². The molecule has 1 N–H and O–H groups in total. The van der Waals surface area contributed by atoms with Gasteiger partial charge >= 0.3 is 0 Å². The Morgan fingerprint density at radius 3 is 2.86 bits per heavy atom. The number of nitrogens with one attached hydrogen (secondary N) is 1. The Labute approximate surface area is 131 Å². The first-order valence-corrected chi connectivity index (χ1v) is 7.86. The standard InChI is InChI=1S/C16H24N4O2/c1-21-11-8-20-7-6-17-16(20)18-14-4-2-3-5-15(14)19-9-12-22-13-10-19/h2-5H,6-13H2,1H3,(H,17,18). The van der Waals surface area contributed by atoms with Crippen molar-refractivity contribution in [1.29, 1.82) is 0 Å². The van der Waals surface area contributed by atoms with Crippen LogP contribution in [0.1, 0.15) is 0 Å². The van der Waals surface area contributed by atoms with Gasteiger partial charge in [0.25, 0.3) is 0 Å². The van der Waals surface area contributed by atoms with Gasteiger partial charge in [0, 0.05) is 39.8 Å². The van der Waals surface area contributed by atoms with Gasteiger partial charge in [-0.2, -0.15) is 0 Å². The number of hydrogen-bond donors (Lipinski definition) is 1. The number of morpholine rings is 1. The summed E-state index contributed by atoms with van der Waals surface area (Å²) in [4.78, 5) is 9.44. The fraction of sp³-hybridized carbons (Fsp3) is 0.562. The van der Waals surface area contributed by atoms with E-state index < -0.39 is 0 Å². The Kier molecular flexibility index (Phi) is 5.13. The first-order valence-electron chi connectivity index (χ1n) is 7.86. The van der Waals surface area contributed by atoms with E-state index in [4.69, 9.17) is 14.5 Å². The molecule has 1 aromatic rings. The third kappa shape index (κ3) is 3.51. The van der Waals surface area contributed by atoms with Crippen LogP contribution >= 0.6 is 0 Å². The van der Waals surface area contributed by atoms with E-state index in [9.17, 15) is 0 Å². The second-order valence-corrected chi connectivity index (χ2v) is 5.43. The minimum absolute atomic E-state index is 0.714. The second-order valence-electron chi connectivity index (χ2n) is 5.43. The number of aliphatic imine (C=N–C) groups is 1. The molecule has 2 fully saturated rings. The maximum absolute atomic E-state index is 5.44. The molecule has 0 radical (unpaired) electrons. The van der Waals surface area contributed by atoms with Gasteiger partial charge in [-0.3, -0.25) is 0 Å². The van der Waals surface area contributed by atoms with Gasteiger partial charge < -0.3 is 24.6 Å². The number of ether oxygens (including phenoxy) is 2. The first-order chi connectivity index (χ1) is 10.9. The molecule has 1 aromatic carbocycles. The van der Waals surface area contributed by atoms with Crippen molar-refractivity contribution in [2.24, 2.45) is 4.99 Å². The molecule has 2 aliphatic rings. The first kappa shape index (κ1) is 15.1. The Hall–Kier alpha value is -1.79. The van der Waals surface area contributed by atoms with E-state index in [1.807, 2.05) is 6.07 Å². The quantitative estimate of drug-likeness (QED) is 0.881. The summed E-state index contributed by atoms with van der Waals surface area (Å²) in [5.74, 6) is 0.942. The molecule has 120 valence electrons. The van der Waals surface area contributed by atoms with E-state index in [1.54, 1.807) is 7.11 Å². The molecular formula is C16H24N4O2. The van der Waals surface area contributed by atoms with Gasteiger partial charge in [0.15, 0.2) is 5.96 Å². The molecule has 2 saturated heterocycles. The SMILES string of the molecule is COCCN1CCN/C1=N\c1ccccc1N1CCOCC1. The lowest BCUT2D eigenvalue weighted by Gasteiger charge is -2.30. The number of anilines is 1. The van der Waals surface area contributed by atoms with Crippen molar-refractivity contribution in [1.82, 2.24) is 10.2 Å². The highest BCUT2D eigenvalue weighted by atomic mass is 16.5. The molecule has 0 aliphatic carbocycles. The fourth-order valence-electron chi connectivity index (χ4n) is 2.79. The van der Waals surface area contributed by atoms with Crippen molar-refractivity contribution in [3.8, 4) is 0 Å². The van der Waals surface area contributed by atoms with Gasteiger partial charge in [-0.05, 0) is 12.1 Å². The average molecular weight is 304 g/mol. The van der Waals surface area contributed by atoms with Crippen molar-refractivity contribution < 1.29 is 9.47 Å². The third-order valence-corrected chi connectivity index (χ3v) is 3.99. The summed E-state index contributed by atoms with van der Waals surface area (Å²) in [6.45, 7) is 6.88. The monoisotopic (exact) mass is 304 g/mol. The zero-order valence-corrected chi connectivity index (χ0v) is 13.1. The van der Waals surface area contributed by atoms with E-state index in [-0.39, 0.29) is 0 Å². The molecule has 0 bridgehead atoms. The molecule has 0 amide bonds. The molecule has 0 saturated carbocycles. The number of benzene rings is 1. The lowest BCUT2D eigenvalue weighted by Crippen LogP contribution is -2.36. The molecule has 6 nitrogen and oxygen atoms in total. The Morgan fingerprint density at radius 2 is 2.05 bits per heavy atom. The minimum atomic E-state index is 0.714. The number of nitrogens with zero attached hydrogens (tertiary/aromatic N) is 3. The maximum Gasteiger partial charge on any atom is 0.199 e. The number of hydrogen-bond acceptors (Lipinski definition) is 4. The number of methoxy groups -OCH3 is 1. The van der Waals surface area contributed by atoms with Crippen LogP contribution in [0.4, 0.5) is 11.4 Å². The van der Waals surface area contributed by atoms with E-state index in [2.05, 4.69) is 33.3 Å². The largest absolute Gasteiger partial charge is 0.383 e. The Morgan fingerprint density at radius 1 is 1.23 bits per heavy atom. The van der Waals surface area contributed by atoms with Gasteiger partial charge in [0.05, 0.1) is 31.2 Å². The lowest BCUT2D eigenvalue weighted by atomic mass is 10.2. The summed E-state index contributed by atoms with van der Waals surface area (Å²) in [5, 5.41) is 3.37. The summed E-state index contributed by atoms with van der Waals surface area (Å²) in [7, 11) is 1.73. The van der Waals surface area contributed by atoms with Crippen molar-refractivity contribution in [3.05, 3.63) is 24.3 Å². The highest BCUT2D eigenvalue weighted by Crippen LogP contribution is 2.29. The van der Waals surface area contributed by atoms with Gasteiger partial charge in [-0.25, -0.2) is 4.99 Å². The second kappa shape index (κ2) is 7.47. The van der Waals surface area contributed by atoms with E-state index >= 15 is 0 Å². The van der Waals surface area contributed by atoms with Crippen LogP contribution in [0.3, 0.4) is 0 Å². The molecule has 3 rings (SSSR count). The maximum atomic E-state index is 5.44. The summed E-state index contributed by atoms with van der Waals surface area (Å²) >= 11 is 0. The average Bonchev–Trinajstić information content (AvgIpc) is 3.01. The summed E-state index contributed by atoms with van der Waals surface area (Å²) < 4.78 is 10.6. The summed E-state index contributed by atoms with van der Waals surface area (Å²) in [6, 6.07) is 8.32. The van der Waals surface area contributed by atoms with Crippen LogP contribution in [0.5, 0.6) is 0 Å². The normalized spacial score (nSPS) is 20.5. The van der Waals surface area contributed by atoms with Crippen LogP contribution in [0.2, 0.25) is 0 Å². The molecule has 0 atom stereocenters. The number of guanidine groups is 1. The van der Waals surface area contributed by atoms with E-state index in [0.717, 1.165) is 57.6 Å². The van der Waals surface area contributed by atoms with Crippen LogP contribution in [0.25, 0.3) is 0 Å². The third-order valence-electron chi connectivity index (χ3n) is 3.99. The zero-order chi connectivity index (χ0) is 15.2. The number of para-hydroxylation sites is 2. The molecule has 2 heterocycles. The minimum Gasteiger partial charge on any atom is -0.383 e. The molecule has 0 unspecified atom stereocenters. The van der Waals surface area contributed by atoms with Crippen LogP contribution in [-0.4, -0.2) is 70.5 Å². The summed E-state index contributed by atoms with van der Waals surface area (Å²) in [5.41, 5.74) is 2.19. The Bertz CT molecular complexity index is 515. The van der Waals surface area contributed by atoms with Gasteiger partial charge in [0.1, 0.15) is 0 Å². The zero-order valence-electron chi connectivity index (χ0n) is 13.1. The van der Waals surface area contributed by atoms with Gasteiger partial charge in [-0.15, -0.1) is 0 Å². The topological polar surface area (TPSA) is 49.3 Å².